The average Bonchev–Trinajstić information content (AvgIpc) is 2.80. The van der Waals surface area contributed by atoms with E-state index in [1.807, 2.05) is 0 Å². The molecule has 1 aliphatic heterocycles. The molecule has 3 nitrogen and oxygen atoms in total. The van der Waals surface area contributed by atoms with Gasteiger partial charge in [-0.15, -0.1) is 0 Å². The van der Waals surface area contributed by atoms with Gasteiger partial charge in [-0.1, -0.05) is 78.3 Å². The third-order valence-electron chi connectivity index (χ3n) is 5.56. The summed E-state index contributed by atoms with van der Waals surface area (Å²) in [5.74, 6) is 0.730. The lowest BCUT2D eigenvalue weighted by Gasteiger charge is -2.25. The summed E-state index contributed by atoms with van der Waals surface area (Å²) in [6.45, 7) is 3.90. The van der Waals surface area contributed by atoms with E-state index in [9.17, 15) is 0 Å². The number of hydrogen-bond acceptors (Lipinski definition) is 4. The predicted molar refractivity (Wildman–Crippen MR) is 125 cm³/mol. The van der Waals surface area contributed by atoms with Crippen molar-refractivity contribution >= 4 is 29.1 Å². The molecule has 0 spiro atoms. The highest BCUT2D eigenvalue weighted by molar-refractivity contribution is 7.79. The van der Waals surface area contributed by atoms with E-state index in [-0.39, 0.29) is 0 Å². The molecule has 0 saturated carbocycles. The molecule has 4 heteroatoms. The summed E-state index contributed by atoms with van der Waals surface area (Å²) in [5, 5.41) is 7.02. The van der Waals surface area contributed by atoms with Crippen molar-refractivity contribution in [2.45, 2.75) is 25.0 Å². The van der Waals surface area contributed by atoms with Crippen LogP contribution in [0.15, 0.2) is 71.9 Å². The molecule has 3 aromatic rings. The maximum atomic E-state index is 5.84. The summed E-state index contributed by atoms with van der Waals surface area (Å²) in [5.41, 5.74) is 4.23. The predicted octanol–water partition coefficient (Wildman–Crippen LogP) is 5.52. The molecule has 0 aromatic heterocycles. The minimum Gasteiger partial charge on any atom is -0.394 e. The average molecular weight is 405 g/mol. The van der Waals surface area contributed by atoms with E-state index < -0.39 is 0 Å². The maximum Gasteiger partial charge on any atom is 0.129 e. The second kappa shape index (κ2) is 9.95. The van der Waals surface area contributed by atoms with Crippen molar-refractivity contribution < 1.29 is 4.84 Å². The van der Waals surface area contributed by atoms with Crippen molar-refractivity contribution in [3.05, 3.63) is 83.4 Å². The van der Waals surface area contributed by atoms with Crippen LogP contribution < -0.4 is 0 Å². The summed E-state index contributed by atoms with van der Waals surface area (Å²) in [6, 6.07) is 23.2. The molecule has 150 valence electrons. The largest absolute Gasteiger partial charge is 0.394 e. The van der Waals surface area contributed by atoms with E-state index in [0.29, 0.717) is 6.61 Å². The zero-order valence-corrected chi connectivity index (χ0v) is 17.7. The van der Waals surface area contributed by atoms with Gasteiger partial charge in [-0.05, 0) is 42.3 Å². The van der Waals surface area contributed by atoms with Gasteiger partial charge in [-0.2, -0.15) is 12.6 Å². The van der Waals surface area contributed by atoms with E-state index in [2.05, 4.69) is 89.4 Å². The smallest absolute Gasteiger partial charge is 0.129 e. The van der Waals surface area contributed by atoms with Gasteiger partial charge in [-0.3, -0.25) is 4.90 Å². The number of nitrogens with zero attached hydrogens (tertiary/aromatic N) is 2. The summed E-state index contributed by atoms with van der Waals surface area (Å²) in [7, 11) is 0. The Morgan fingerprint density at radius 3 is 2.45 bits per heavy atom. The Bertz CT molecular complexity index is 957. The van der Waals surface area contributed by atoms with Gasteiger partial charge in [0, 0.05) is 23.4 Å². The Labute approximate surface area is 178 Å². The maximum absolute atomic E-state index is 5.84. The Morgan fingerprint density at radius 1 is 0.897 bits per heavy atom. The molecule has 1 aliphatic rings. The molecule has 1 fully saturated rings. The first kappa shape index (κ1) is 20.0. The third-order valence-corrected chi connectivity index (χ3v) is 5.92. The van der Waals surface area contributed by atoms with Crippen LogP contribution in [-0.4, -0.2) is 36.9 Å². The van der Waals surface area contributed by atoms with Gasteiger partial charge in [0.2, 0.25) is 0 Å². The van der Waals surface area contributed by atoms with Gasteiger partial charge < -0.3 is 4.84 Å². The first-order chi connectivity index (χ1) is 14.3. The number of benzene rings is 3. The van der Waals surface area contributed by atoms with Crippen molar-refractivity contribution in [3.8, 4) is 0 Å². The summed E-state index contributed by atoms with van der Waals surface area (Å²) in [4.78, 5) is 8.31. The molecule has 0 N–H and O–H groups in total. The van der Waals surface area contributed by atoms with Crippen LogP contribution >= 0.6 is 12.6 Å². The molecular formula is C25H28N2OS. The van der Waals surface area contributed by atoms with Crippen LogP contribution in [0.25, 0.3) is 10.8 Å². The van der Waals surface area contributed by atoms with Crippen molar-refractivity contribution in [1.82, 2.24) is 4.90 Å². The molecule has 1 saturated heterocycles. The number of oxime groups is 1. The van der Waals surface area contributed by atoms with Crippen LogP contribution in [0, 0.1) is 0 Å². The molecule has 0 bridgehead atoms. The molecule has 0 radical (unpaired) electrons. The van der Waals surface area contributed by atoms with Crippen LogP contribution in [0.2, 0.25) is 0 Å². The van der Waals surface area contributed by atoms with E-state index in [4.69, 9.17) is 4.84 Å². The minimum absolute atomic E-state index is 0.614. The number of fused-ring (bicyclic) bond motifs is 1. The van der Waals surface area contributed by atoms with E-state index in [1.54, 1.807) is 0 Å². The van der Waals surface area contributed by atoms with Gasteiger partial charge in [0.1, 0.15) is 12.3 Å². The highest BCUT2D eigenvalue weighted by atomic mass is 32.1. The normalized spacial score (nSPS) is 15.6. The zero-order valence-electron chi connectivity index (χ0n) is 16.8. The molecule has 29 heavy (non-hydrogen) atoms. The SMILES string of the molecule is SCc1ccc(/C(=N/OCCN2CCCCC2)c2cccc3ccccc23)cc1. The molecular weight excluding hydrogens is 376 g/mol. The fraction of sp³-hybridized carbons (Fsp3) is 0.320. The molecule has 3 aromatic carbocycles. The first-order valence-electron chi connectivity index (χ1n) is 10.5. The summed E-state index contributed by atoms with van der Waals surface area (Å²) < 4.78 is 0. The Morgan fingerprint density at radius 2 is 1.66 bits per heavy atom. The summed E-state index contributed by atoms with van der Waals surface area (Å²) in [6.07, 6.45) is 3.94. The van der Waals surface area contributed by atoms with Crippen LogP contribution in [0.1, 0.15) is 36.0 Å². The molecule has 0 atom stereocenters. The number of hydrogen-bond donors (Lipinski definition) is 1. The van der Waals surface area contributed by atoms with Gasteiger partial charge >= 0.3 is 0 Å². The van der Waals surface area contributed by atoms with Crippen LogP contribution in [0.5, 0.6) is 0 Å². The summed E-state index contributed by atoms with van der Waals surface area (Å²) >= 11 is 4.37. The molecule has 0 aliphatic carbocycles. The van der Waals surface area contributed by atoms with Crippen LogP contribution in [0.4, 0.5) is 0 Å². The van der Waals surface area contributed by atoms with Crippen molar-refractivity contribution in [3.63, 3.8) is 0 Å². The number of thiol groups is 1. The van der Waals surface area contributed by atoms with Gasteiger partial charge in [0.25, 0.3) is 0 Å². The second-order valence-corrected chi connectivity index (χ2v) is 7.87. The highest BCUT2D eigenvalue weighted by Gasteiger charge is 2.13. The van der Waals surface area contributed by atoms with Crippen molar-refractivity contribution in [2.75, 3.05) is 26.2 Å². The molecule has 4 rings (SSSR count). The van der Waals surface area contributed by atoms with E-state index >= 15 is 0 Å². The standard InChI is InChI=1S/C25H28N2OS/c29-19-20-11-13-22(14-12-20)25(26-28-18-17-27-15-4-1-5-16-27)24-10-6-8-21-7-2-3-9-23(21)24/h2-3,6-14,29H,1,4-5,15-19H2/b26-25-. The fourth-order valence-electron chi connectivity index (χ4n) is 3.92. The minimum atomic E-state index is 0.614. The van der Waals surface area contributed by atoms with Crippen molar-refractivity contribution in [1.29, 1.82) is 0 Å². The fourth-order valence-corrected chi connectivity index (χ4v) is 4.13. The zero-order chi connectivity index (χ0) is 19.9. The second-order valence-electron chi connectivity index (χ2n) is 7.56. The van der Waals surface area contributed by atoms with Gasteiger partial charge in [0.05, 0.1) is 0 Å². The lowest BCUT2D eigenvalue weighted by atomic mass is 9.96. The van der Waals surface area contributed by atoms with E-state index in [0.717, 1.165) is 29.1 Å². The monoisotopic (exact) mass is 404 g/mol. The highest BCUT2D eigenvalue weighted by Crippen LogP contribution is 2.23. The number of piperidine rings is 1. The third kappa shape index (κ3) is 5.01. The van der Waals surface area contributed by atoms with E-state index in [1.165, 1.54) is 48.7 Å². The lowest BCUT2D eigenvalue weighted by Crippen LogP contribution is -2.32. The number of likely N-dealkylation sites (tertiary alicyclic amines) is 1. The van der Waals surface area contributed by atoms with Gasteiger partial charge in [-0.25, -0.2) is 0 Å². The van der Waals surface area contributed by atoms with Crippen LogP contribution in [0.3, 0.4) is 0 Å². The van der Waals surface area contributed by atoms with Crippen LogP contribution in [-0.2, 0) is 10.6 Å². The Balaban J connectivity index is 1.61. The lowest BCUT2D eigenvalue weighted by molar-refractivity contribution is 0.103. The van der Waals surface area contributed by atoms with Gasteiger partial charge in [0.15, 0.2) is 0 Å². The molecule has 1 heterocycles. The quantitative estimate of drug-likeness (QED) is 0.243. The topological polar surface area (TPSA) is 24.8 Å². The molecule has 0 amide bonds. The Kier molecular flexibility index (Phi) is 6.86. The van der Waals surface area contributed by atoms with Crippen molar-refractivity contribution in [2.24, 2.45) is 5.16 Å². The molecule has 0 unspecified atom stereocenters. The first-order valence-corrected chi connectivity index (χ1v) is 11.1. The number of rotatable bonds is 7. The Hall–Kier alpha value is -2.30.